The largest absolute Gasteiger partial charge is 0.399 e. The van der Waals surface area contributed by atoms with E-state index < -0.39 is 0 Å². The molecule has 1 atom stereocenters. The summed E-state index contributed by atoms with van der Waals surface area (Å²) in [6.45, 7) is 1.59. The van der Waals surface area contributed by atoms with E-state index in [1.807, 2.05) is 0 Å². The molecule has 1 fully saturated rings. The molecular formula is C13H16N4O2. The van der Waals surface area contributed by atoms with E-state index in [0.717, 1.165) is 31.6 Å². The van der Waals surface area contributed by atoms with Gasteiger partial charge in [0.1, 0.15) is 0 Å². The van der Waals surface area contributed by atoms with Gasteiger partial charge in [-0.05, 0) is 30.5 Å². The highest BCUT2D eigenvalue weighted by Crippen LogP contribution is 2.24. The zero-order valence-electron chi connectivity index (χ0n) is 10.5. The number of nitrogens with zero attached hydrogens (tertiary/aromatic N) is 2. The first-order valence-corrected chi connectivity index (χ1v) is 6.27. The Morgan fingerprint density at radius 3 is 2.68 bits per heavy atom. The van der Waals surface area contributed by atoms with Crippen LogP contribution in [-0.4, -0.2) is 23.4 Å². The number of nitrogens with two attached hydrogens (primary N) is 2. The summed E-state index contributed by atoms with van der Waals surface area (Å²) < 4.78 is 10.6. The number of nitrogen functional groups attached to an aromatic ring is 2. The number of benzene rings is 1. The van der Waals surface area contributed by atoms with Crippen LogP contribution in [0.4, 0.5) is 11.4 Å². The average Bonchev–Trinajstić information content (AvgIpc) is 2.99. The maximum Gasteiger partial charge on any atom is 0.258 e. The molecule has 19 heavy (non-hydrogen) atoms. The highest BCUT2D eigenvalue weighted by Gasteiger charge is 2.19. The molecule has 6 heteroatoms. The predicted molar refractivity (Wildman–Crippen MR) is 71.2 cm³/mol. The summed E-state index contributed by atoms with van der Waals surface area (Å²) in [7, 11) is 0. The first-order chi connectivity index (χ1) is 9.20. The maximum atomic E-state index is 5.75. The van der Waals surface area contributed by atoms with Crippen LogP contribution in [0, 0.1) is 5.92 Å². The van der Waals surface area contributed by atoms with Gasteiger partial charge in [-0.3, -0.25) is 0 Å². The number of hydrogen-bond donors (Lipinski definition) is 2. The summed E-state index contributed by atoms with van der Waals surface area (Å²) in [6.07, 6.45) is 1.83. The molecule has 0 radical (unpaired) electrons. The number of ether oxygens (including phenoxy) is 1. The van der Waals surface area contributed by atoms with E-state index in [1.165, 1.54) is 0 Å². The van der Waals surface area contributed by atoms with E-state index in [9.17, 15) is 0 Å². The van der Waals surface area contributed by atoms with Crippen molar-refractivity contribution in [2.75, 3.05) is 24.7 Å². The Balaban J connectivity index is 1.79. The van der Waals surface area contributed by atoms with E-state index in [2.05, 4.69) is 10.1 Å². The Bertz CT molecular complexity index is 556. The number of rotatable bonds is 3. The van der Waals surface area contributed by atoms with Crippen molar-refractivity contribution in [3.05, 3.63) is 24.0 Å². The van der Waals surface area contributed by atoms with Gasteiger partial charge in [0.05, 0.1) is 0 Å². The quantitative estimate of drug-likeness (QED) is 0.811. The minimum Gasteiger partial charge on any atom is -0.399 e. The van der Waals surface area contributed by atoms with Crippen molar-refractivity contribution in [3.8, 4) is 11.5 Å². The Morgan fingerprint density at radius 2 is 2.00 bits per heavy atom. The van der Waals surface area contributed by atoms with Crippen molar-refractivity contribution in [3.63, 3.8) is 0 Å². The average molecular weight is 260 g/mol. The van der Waals surface area contributed by atoms with Crippen LogP contribution < -0.4 is 11.5 Å². The van der Waals surface area contributed by atoms with E-state index in [0.29, 0.717) is 29.0 Å². The van der Waals surface area contributed by atoms with Gasteiger partial charge in [0.25, 0.3) is 5.89 Å². The molecule has 2 aromatic rings. The van der Waals surface area contributed by atoms with E-state index in [-0.39, 0.29) is 0 Å². The molecule has 1 unspecified atom stereocenters. The summed E-state index contributed by atoms with van der Waals surface area (Å²) in [4.78, 5) is 4.38. The van der Waals surface area contributed by atoms with Gasteiger partial charge < -0.3 is 20.7 Å². The molecule has 1 aliphatic rings. The van der Waals surface area contributed by atoms with Crippen molar-refractivity contribution in [2.24, 2.45) is 5.92 Å². The maximum absolute atomic E-state index is 5.75. The smallest absolute Gasteiger partial charge is 0.258 e. The Labute approximate surface area is 110 Å². The highest BCUT2D eigenvalue weighted by molar-refractivity contribution is 5.67. The fourth-order valence-corrected chi connectivity index (χ4v) is 2.26. The second-order valence-corrected chi connectivity index (χ2v) is 4.84. The Morgan fingerprint density at radius 1 is 1.21 bits per heavy atom. The summed E-state index contributed by atoms with van der Waals surface area (Å²) in [5.74, 6) is 1.63. The van der Waals surface area contributed by atoms with Crippen LogP contribution in [0.15, 0.2) is 22.7 Å². The topological polar surface area (TPSA) is 100 Å². The van der Waals surface area contributed by atoms with Gasteiger partial charge in [-0.25, -0.2) is 0 Å². The monoisotopic (exact) mass is 260 g/mol. The van der Waals surface area contributed by atoms with Crippen molar-refractivity contribution in [1.29, 1.82) is 0 Å². The normalized spacial score (nSPS) is 18.8. The third-order valence-corrected chi connectivity index (χ3v) is 3.19. The molecular weight excluding hydrogens is 244 g/mol. The lowest BCUT2D eigenvalue weighted by atomic mass is 10.1. The van der Waals surface area contributed by atoms with Crippen LogP contribution in [0.25, 0.3) is 11.5 Å². The molecule has 1 aromatic heterocycles. The lowest BCUT2D eigenvalue weighted by Crippen LogP contribution is -2.04. The molecule has 3 rings (SSSR count). The lowest BCUT2D eigenvalue weighted by molar-refractivity contribution is 0.185. The lowest BCUT2D eigenvalue weighted by Gasteiger charge is -2.01. The van der Waals surface area contributed by atoms with Gasteiger partial charge in [0.15, 0.2) is 5.82 Å². The fraction of sp³-hybridized carbons (Fsp3) is 0.385. The third-order valence-electron chi connectivity index (χ3n) is 3.19. The van der Waals surface area contributed by atoms with Gasteiger partial charge in [0.2, 0.25) is 0 Å². The fourth-order valence-electron chi connectivity index (χ4n) is 2.26. The molecule has 1 aliphatic heterocycles. The van der Waals surface area contributed by atoms with E-state index >= 15 is 0 Å². The van der Waals surface area contributed by atoms with Crippen molar-refractivity contribution in [2.45, 2.75) is 12.8 Å². The molecule has 0 amide bonds. The first-order valence-electron chi connectivity index (χ1n) is 6.27. The summed E-state index contributed by atoms with van der Waals surface area (Å²) in [6, 6.07) is 5.23. The van der Waals surface area contributed by atoms with Crippen LogP contribution in [0.5, 0.6) is 0 Å². The number of anilines is 2. The second-order valence-electron chi connectivity index (χ2n) is 4.84. The molecule has 4 N–H and O–H groups in total. The highest BCUT2D eigenvalue weighted by atomic mass is 16.5. The summed E-state index contributed by atoms with van der Waals surface area (Å²) >= 11 is 0. The van der Waals surface area contributed by atoms with Crippen LogP contribution in [-0.2, 0) is 11.2 Å². The van der Waals surface area contributed by atoms with Crippen LogP contribution in [0.3, 0.4) is 0 Å². The van der Waals surface area contributed by atoms with Gasteiger partial charge in [-0.1, -0.05) is 5.16 Å². The SMILES string of the molecule is Nc1cc(N)cc(-c2nc(CC3CCOC3)no2)c1. The molecule has 0 spiro atoms. The second kappa shape index (κ2) is 4.89. The Kier molecular flexibility index (Phi) is 3.08. The number of aromatic nitrogens is 2. The minimum absolute atomic E-state index is 0.452. The molecule has 0 aliphatic carbocycles. The third kappa shape index (κ3) is 2.68. The van der Waals surface area contributed by atoms with Crippen molar-refractivity contribution < 1.29 is 9.26 Å². The zero-order valence-corrected chi connectivity index (χ0v) is 10.5. The molecule has 6 nitrogen and oxygen atoms in total. The van der Waals surface area contributed by atoms with Crippen LogP contribution in [0.1, 0.15) is 12.2 Å². The van der Waals surface area contributed by atoms with Crippen LogP contribution >= 0.6 is 0 Å². The standard InChI is InChI=1S/C13H16N4O2/c14-10-4-9(5-11(15)6-10)13-16-12(17-19-13)3-8-1-2-18-7-8/h4-6,8H,1-3,7,14-15H2. The molecule has 1 saturated heterocycles. The zero-order chi connectivity index (χ0) is 13.2. The first kappa shape index (κ1) is 12.0. The molecule has 0 saturated carbocycles. The van der Waals surface area contributed by atoms with Gasteiger partial charge in [-0.15, -0.1) is 0 Å². The van der Waals surface area contributed by atoms with Gasteiger partial charge in [0, 0.05) is 36.6 Å². The molecule has 2 heterocycles. The van der Waals surface area contributed by atoms with Crippen molar-refractivity contribution in [1.82, 2.24) is 10.1 Å². The molecule has 1 aromatic carbocycles. The molecule has 100 valence electrons. The summed E-state index contributed by atoms with van der Waals surface area (Å²) in [5.41, 5.74) is 13.4. The van der Waals surface area contributed by atoms with Gasteiger partial charge >= 0.3 is 0 Å². The Hall–Kier alpha value is -2.08. The minimum atomic E-state index is 0.452. The van der Waals surface area contributed by atoms with Crippen molar-refractivity contribution >= 4 is 11.4 Å². The van der Waals surface area contributed by atoms with Crippen LogP contribution in [0.2, 0.25) is 0 Å². The molecule has 0 bridgehead atoms. The van der Waals surface area contributed by atoms with Gasteiger partial charge in [-0.2, -0.15) is 4.98 Å². The van der Waals surface area contributed by atoms with E-state index in [4.69, 9.17) is 20.7 Å². The van der Waals surface area contributed by atoms with E-state index in [1.54, 1.807) is 18.2 Å². The predicted octanol–water partition coefficient (Wildman–Crippen LogP) is 1.48. The summed E-state index contributed by atoms with van der Waals surface area (Å²) in [5, 5.41) is 3.99. The number of hydrogen-bond acceptors (Lipinski definition) is 6.